The Labute approximate surface area is 102 Å². The smallest absolute Gasteiger partial charge is 0.240 e. The highest BCUT2D eigenvalue weighted by Crippen LogP contribution is 2.12. The third-order valence-electron chi connectivity index (χ3n) is 2.05. The van der Waals surface area contributed by atoms with Crippen molar-refractivity contribution >= 4 is 11.8 Å². The summed E-state index contributed by atoms with van der Waals surface area (Å²) < 4.78 is 5.57. The summed E-state index contributed by atoms with van der Waals surface area (Å²) >= 11 is 0. The molecule has 2 atom stereocenters. The van der Waals surface area contributed by atoms with Crippen LogP contribution >= 0.6 is 0 Å². The Balaban J connectivity index is 4.16. The molecule has 0 aliphatic heterocycles. The van der Waals surface area contributed by atoms with Gasteiger partial charge in [-0.15, -0.1) is 0 Å². The zero-order valence-electron chi connectivity index (χ0n) is 11.2. The second-order valence-corrected chi connectivity index (χ2v) is 4.85. The number of rotatable bonds is 5. The van der Waals surface area contributed by atoms with Crippen molar-refractivity contribution in [1.82, 2.24) is 10.6 Å². The molecule has 0 aromatic carbocycles. The van der Waals surface area contributed by atoms with Gasteiger partial charge in [0.2, 0.25) is 11.8 Å². The van der Waals surface area contributed by atoms with Crippen LogP contribution in [0, 0.1) is 0 Å². The molecule has 0 aromatic rings. The molecule has 0 bridgehead atoms. The molecule has 0 fully saturated rings. The number of carbonyl (C=O) groups excluding carboxylic acids is 2. The van der Waals surface area contributed by atoms with Crippen molar-refractivity contribution in [1.29, 1.82) is 0 Å². The molecule has 0 spiro atoms. The van der Waals surface area contributed by atoms with Crippen LogP contribution in [0.15, 0.2) is 0 Å². The zero-order chi connectivity index (χ0) is 13.6. The number of carbonyl (C=O) groups is 2. The molecule has 0 saturated heterocycles. The minimum absolute atomic E-state index is 0.0781. The second kappa shape index (κ2) is 6.56. The van der Waals surface area contributed by atoms with Gasteiger partial charge in [0.15, 0.2) is 0 Å². The van der Waals surface area contributed by atoms with Gasteiger partial charge in [-0.25, -0.2) is 0 Å². The van der Waals surface area contributed by atoms with Crippen LogP contribution in [0.2, 0.25) is 0 Å². The van der Waals surface area contributed by atoms with Crippen molar-refractivity contribution in [2.45, 2.75) is 45.4 Å². The molecule has 0 rings (SSSR count). The molecule has 17 heavy (non-hydrogen) atoms. The fourth-order valence-corrected chi connectivity index (χ4v) is 1.22. The van der Waals surface area contributed by atoms with E-state index in [1.165, 1.54) is 7.05 Å². The maximum atomic E-state index is 11.6. The average molecular weight is 245 g/mol. The molecule has 4 N–H and O–H groups in total. The summed E-state index contributed by atoms with van der Waals surface area (Å²) in [5, 5.41) is 4.84. The van der Waals surface area contributed by atoms with E-state index in [-0.39, 0.29) is 18.1 Å². The number of nitrogens with two attached hydrogens (primary N) is 1. The van der Waals surface area contributed by atoms with Gasteiger partial charge in [0.1, 0.15) is 6.04 Å². The number of nitrogens with one attached hydrogen (secondary N) is 2. The summed E-state index contributed by atoms with van der Waals surface area (Å²) in [6.07, 6.45) is -0.417. The zero-order valence-corrected chi connectivity index (χ0v) is 11.2. The number of hydrogen-bond acceptors (Lipinski definition) is 4. The highest BCUT2D eigenvalue weighted by Gasteiger charge is 2.25. The molecule has 0 aromatic heterocycles. The van der Waals surface area contributed by atoms with E-state index in [9.17, 15) is 9.59 Å². The van der Waals surface area contributed by atoms with Crippen molar-refractivity contribution < 1.29 is 14.3 Å². The van der Waals surface area contributed by atoms with E-state index in [1.807, 2.05) is 20.8 Å². The first-order valence-corrected chi connectivity index (χ1v) is 5.59. The summed E-state index contributed by atoms with van der Waals surface area (Å²) in [5.74, 6) is -0.666. The maximum Gasteiger partial charge on any atom is 0.240 e. The van der Waals surface area contributed by atoms with E-state index >= 15 is 0 Å². The van der Waals surface area contributed by atoms with E-state index in [0.717, 1.165) is 0 Å². The van der Waals surface area contributed by atoms with E-state index < -0.39 is 18.1 Å². The summed E-state index contributed by atoms with van der Waals surface area (Å²) in [4.78, 5) is 22.5. The van der Waals surface area contributed by atoms with E-state index in [2.05, 4.69) is 10.6 Å². The van der Waals surface area contributed by atoms with Gasteiger partial charge in [-0.1, -0.05) is 0 Å². The highest BCUT2D eigenvalue weighted by molar-refractivity contribution is 5.87. The normalized spacial score (nSPS) is 14.9. The van der Waals surface area contributed by atoms with Gasteiger partial charge in [0.25, 0.3) is 0 Å². The van der Waals surface area contributed by atoms with Gasteiger partial charge in [-0.3, -0.25) is 9.59 Å². The van der Waals surface area contributed by atoms with Crippen LogP contribution in [-0.4, -0.2) is 43.2 Å². The summed E-state index contributed by atoms with van der Waals surface area (Å²) in [6.45, 7) is 7.32. The number of likely N-dealkylation sites (N-methyl/N-ethyl adjacent to an activating group) is 1. The van der Waals surface area contributed by atoms with Gasteiger partial charge in [0.05, 0.1) is 18.2 Å². The lowest BCUT2D eigenvalue weighted by Crippen LogP contribution is -2.51. The van der Waals surface area contributed by atoms with Gasteiger partial charge >= 0.3 is 0 Å². The van der Waals surface area contributed by atoms with Gasteiger partial charge in [0, 0.05) is 7.05 Å². The lowest BCUT2D eigenvalue weighted by molar-refractivity contribution is -0.131. The number of ether oxygens (including phenoxy) is 1. The maximum absolute atomic E-state index is 11.6. The summed E-state index contributed by atoms with van der Waals surface area (Å²) in [5.41, 5.74) is 5.36. The third kappa shape index (κ3) is 6.91. The monoisotopic (exact) mass is 245 g/mol. The molecule has 0 aliphatic carbocycles. The standard InChI is InChI=1S/C11H23N3O3/c1-7(17-11(2,3)4)9(12)10(16)14-6-8(15)13-5/h7,9H,6,12H2,1-5H3,(H,13,15)(H,14,16)/t7-,9+/m1/s1. The lowest BCUT2D eigenvalue weighted by atomic mass is 10.1. The van der Waals surface area contributed by atoms with Crippen molar-refractivity contribution in [2.75, 3.05) is 13.6 Å². The fourth-order valence-electron chi connectivity index (χ4n) is 1.22. The van der Waals surface area contributed by atoms with Crippen LogP contribution in [-0.2, 0) is 14.3 Å². The van der Waals surface area contributed by atoms with Crippen LogP contribution in [0.1, 0.15) is 27.7 Å². The minimum atomic E-state index is -0.793. The van der Waals surface area contributed by atoms with Crippen molar-refractivity contribution in [3.05, 3.63) is 0 Å². The molecule has 0 aliphatic rings. The van der Waals surface area contributed by atoms with Crippen molar-refractivity contribution in [3.8, 4) is 0 Å². The molecule has 0 unspecified atom stereocenters. The van der Waals surface area contributed by atoms with E-state index in [0.29, 0.717) is 0 Å². The van der Waals surface area contributed by atoms with Crippen LogP contribution in [0.4, 0.5) is 0 Å². The Bertz CT molecular complexity index is 274. The SMILES string of the molecule is CNC(=O)CNC(=O)[C@@H](N)[C@@H](C)OC(C)(C)C. The van der Waals surface area contributed by atoms with Gasteiger partial charge in [-0.05, 0) is 27.7 Å². The molecule has 6 nitrogen and oxygen atoms in total. The van der Waals surface area contributed by atoms with Crippen LogP contribution in [0.5, 0.6) is 0 Å². The average Bonchev–Trinajstić information content (AvgIpc) is 2.21. The topological polar surface area (TPSA) is 93.5 Å². The van der Waals surface area contributed by atoms with Crippen LogP contribution < -0.4 is 16.4 Å². The summed E-state index contributed by atoms with van der Waals surface area (Å²) in [7, 11) is 1.50. The van der Waals surface area contributed by atoms with Gasteiger partial charge in [-0.2, -0.15) is 0 Å². The molecular formula is C11H23N3O3. The quantitative estimate of drug-likeness (QED) is 0.602. The number of hydrogen-bond donors (Lipinski definition) is 3. The van der Waals surface area contributed by atoms with Crippen LogP contribution in [0.25, 0.3) is 0 Å². The molecule has 0 heterocycles. The minimum Gasteiger partial charge on any atom is -0.371 e. The highest BCUT2D eigenvalue weighted by atomic mass is 16.5. The van der Waals surface area contributed by atoms with E-state index in [4.69, 9.17) is 10.5 Å². The van der Waals surface area contributed by atoms with Crippen molar-refractivity contribution in [2.24, 2.45) is 5.73 Å². The summed E-state index contributed by atoms with van der Waals surface area (Å²) in [6, 6.07) is -0.793. The molecule has 6 heteroatoms. The first kappa shape index (κ1) is 15.9. The molecule has 0 saturated carbocycles. The lowest BCUT2D eigenvalue weighted by Gasteiger charge is -2.28. The van der Waals surface area contributed by atoms with Crippen LogP contribution in [0.3, 0.4) is 0 Å². The Kier molecular flexibility index (Phi) is 6.12. The second-order valence-electron chi connectivity index (χ2n) is 4.85. The Hall–Kier alpha value is -1.14. The Morgan fingerprint density at radius 3 is 2.29 bits per heavy atom. The fraction of sp³-hybridized carbons (Fsp3) is 0.818. The molecule has 100 valence electrons. The predicted octanol–water partition coefficient (Wildman–Crippen LogP) is -0.620. The van der Waals surface area contributed by atoms with Gasteiger partial charge < -0.3 is 21.1 Å². The largest absolute Gasteiger partial charge is 0.371 e. The number of amides is 2. The first-order valence-electron chi connectivity index (χ1n) is 5.59. The molecule has 0 radical (unpaired) electrons. The molecular weight excluding hydrogens is 222 g/mol. The Morgan fingerprint density at radius 1 is 1.35 bits per heavy atom. The van der Waals surface area contributed by atoms with Crippen molar-refractivity contribution in [3.63, 3.8) is 0 Å². The third-order valence-corrected chi connectivity index (χ3v) is 2.05. The Morgan fingerprint density at radius 2 is 1.88 bits per heavy atom. The van der Waals surface area contributed by atoms with E-state index in [1.54, 1.807) is 6.92 Å². The predicted molar refractivity (Wildman–Crippen MR) is 65.4 cm³/mol. The first-order chi connectivity index (χ1) is 7.67. The molecule has 2 amide bonds.